The van der Waals surface area contributed by atoms with Crippen LogP contribution in [0.3, 0.4) is 0 Å². The van der Waals surface area contributed by atoms with E-state index in [4.69, 9.17) is 23.2 Å². The van der Waals surface area contributed by atoms with Gasteiger partial charge in [0, 0.05) is 12.2 Å². The van der Waals surface area contributed by atoms with Gasteiger partial charge >= 0.3 is 17.6 Å². The molecule has 31 heavy (non-hydrogen) atoms. The van der Waals surface area contributed by atoms with Gasteiger partial charge in [-0.25, -0.2) is 14.2 Å². The summed E-state index contributed by atoms with van der Waals surface area (Å²) in [6, 6.07) is 9.13. The van der Waals surface area contributed by atoms with Crippen LogP contribution in [0.2, 0.25) is 10.0 Å². The van der Waals surface area contributed by atoms with Crippen molar-refractivity contribution in [3.8, 4) is 0 Å². The second-order valence-corrected chi connectivity index (χ2v) is 7.50. The number of nitrogens with one attached hydrogen (secondary N) is 1. The van der Waals surface area contributed by atoms with Gasteiger partial charge in [-0.15, -0.1) is 0 Å². The van der Waals surface area contributed by atoms with Gasteiger partial charge in [0.05, 0.1) is 22.2 Å². The Bertz CT molecular complexity index is 1220. The molecule has 6 nitrogen and oxygen atoms in total. The molecule has 0 aliphatic heterocycles. The Morgan fingerprint density at radius 2 is 1.77 bits per heavy atom. The molecule has 3 rings (SSSR count). The van der Waals surface area contributed by atoms with E-state index in [1.54, 1.807) is 25.1 Å². The van der Waals surface area contributed by atoms with Crippen LogP contribution in [0, 0.1) is 0 Å². The maximum absolute atomic E-state index is 13.0. The maximum Gasteiger partial charge on any atom is 0.416 e. The maximum atomic E-state index is 13.0. The van der Waals surface area contributed by atoms with Crippen LogP contribution < -0.4 is 16.7 Å². The molecular formula is C20H17Cl2F3N4O2. The van der Waals surface area contributed by atoms with Gasteiger partial charge in [-0.2, -0.15) is 18.2 Å². The number of nitrogens with zero attached hydrogens (tertiary/aromatic N) is 3. The molecular weight excluding hydrogens is 456 g/mol. The van der Waals surface area contributed by atoms with Gasteiger partial charge in [0.2, 0.25) is 5.95 Å². The quantitative estimate of drug-likeness (QED) is 0.551. The third-order valence-corrected chi connectivity index (χ3v) is 5.11. The molecule has 0 aliphatic rings. The van der Waals surface area contributed by atoms with Crippen molar-refractivity contribution < 1.29 is 13.2 Å². The average molecular weight is 473 g/mol. The number of rotatable bonds is 6. The van der Waals surface area contributed by atoms with Crippen LogP contribution in [-0.4, -0.2) is 14.1 Å². The minimum absolute atomic E-state index is 0.0252. The molecule has 1 aromatic heterocycles. The Morgan fingerprint density at radius 3 is 2.42 bits per heavy atom. The summed E-state index contributed by atoms with van der Waals surface area (Å²) in [5.41, 5.74) is -1.71. The normalized spacial score (nSPS) is 11.5. The number of anilines is 2. The van der Waals surface area contributed by atoms with E-state index < -0.39 is 23.1 Å². The molecule has 1 N–H and O–H groups in total. The van der Waals surface area contributed by atoms with Gasteiger partial charge in [-0.3, -0.25) is 4.57 Å². The van der Waals surface area contributed by atoms with Crippen molar-refractivity contribution in [2.75, 3.05) is 5.32 Å². The standard InChI is InChI=1S/C20H17Cl2F3N4O2/c1-2-8-28-18(30)27-17(26-14-5-3-4-13(10-14)20(23,24)25)29(19(28)31)11-12-6-7-15(21)16(22)9-12/h3-7,9-10H,2,8,11H2,1H3,(H,26,27,30). The molecule has 1 heterocycles. The van der Waals surface area contributed by atoms with Crippen LogP contribution in [-0.2, 0) is 19.3 Å². The number of hydrogen-bond acceptors (Lipinski definition) is 4. The minimum Gasteiger partial charge on any atom is -0.325 e. The van der Waals surface area contributed by atoms with Crippen LogP contribution >= 0.6 is 23.2 Å². The lowest BCUT2D eigenvalue weighted by Gasteiger charge is -2.16. The first kappa shape index (κ1) is 22.9. The second kappa shape index (κ2) is 9.15. The van der Waals surface area contributed by atoms with E-state index in [1.165, 1.54) is 12.1 Å². The topological polar surface area (TPSA) is 68.9 Å². The lowest BCUT2D eigenvalue weighted by molar-refractivity contribution is -0.137. The predicted molar refractivity (Wildman–Crippen MR) is 113 cm³/mol. The van der Waals surface area contributed by atoms with Crippen LogP contribution in [0.1, 0.15) is 24.5 Å². The fraction of sp³-hybridized carbons (Fsp3) is 0.250. The van der Waals surface area contributed by atoms with E-state index >= 15 is 0 Å². The van der Waals surface area contributed by atoms with Gasteiger partial charge in [0.1, 0.15) is 0 Å². The monoisotopic (exact) mass is 472 g/mol. The van der Waals surface area contributed by atoms with Crippen LogP contribution in [0.5, 0.6) is 0 Å². The molecule has 11 heteroatoms. The van der Waals surface area contributed by atoms with E-state index in [0.717, 1.165) is 21.3 Å². The first-order valence-corrected chi connectivity index (χ1v) is 9.95. The molecule has 164 valence electrons. The Morgan fingerprint density at radius 1 is 1.03 bits per heavy atom. The highest BCUT2D eigenvalue weighted by atomic mass is 35.5. The Balaban J connectivity index is 2.09. The summed E-state index contributed by atoms with van der Waals surface area (Å²) in [4.78, 5) is 29.2. The molecule has 0 fully saturated rings. The number of alkyl halides is 3. The van der Waals surface area contributed by atoms with Crippen LogP contribution in [0.15, 0.2) is 52.1 Å². The number of aromatic nitrogens is 3. The van der Waals surface area contributed by atoms with E-state index in [2.05, 4.69) is 10.3 Å². The third kappa shape index (κ3) is 5.29. The number of hydrogen-bond donors (Lipinski definition) is 1. The van der Waals surface area contributed by atoms with Crippen molar-refractivity contribution in [2.24, 2.45) is 0 Å². The van der Waals surface area contributed by atoms with E-state index in [9.17, 15) is 22.8 Å². The largest absolute Gasteiger partial charge is 0.416 e. The first-order chi connectivity index (χ1) is 14.6. The zero-order valence-corrected chi connectivity index (χ0v) is 17.7. The fourth-order valence-corrected chi connectivity index (χ4v) is 3.23. The first-order valence-electron chi connectivity index (χ1n) is 9.20. The summed E-state index contributed by atoms with van der Waals surface area (Å²) in [5.74, 6) is -0.187. The minimum atomic E-state index is -4.55. The predicted octanol–water partition coefficient (Wildman–Crippen LogP) is 4.93. The summed E-state index contributed by atoms with van der Waals surface area (Å²) in [6.45, 7) is 1.91. The molecule has 0 unspecified atom stereocenters. The molecule has 0 bridgehead atoms. The summed E-state index contributed by atoms with van der Waals surface area (Å²) < 4.78 is 41.2. The van der Waals surface area contributed by atoms with E-state index in [-0.39, 0.29) is 29.7 Å². The Hall–Kier alpha value is -2.78. The van der Waals surface area contributed by atoms with Gasteiger partial charge in [-0.1, -0.05) is 42.3 Å². The third-order valence-electron chi connectivity index (χ3n) is 4.37. The lowest BCUT2D eigenvalue weighted by atomic mass is 10.2. The van der Waals surface area contributed by atoms with Crippen molar-refractivity contribution in [1.29, 1.82) is 0 Å². The summed E-state index contributed by atoms with van der Waals surface area (Å²) in [7, 11) is 0. The van der Waals surface area contributed by atoms with Crippen molar-refractivity contribution >= 4 is 34.8 Å². The van der Waals surface area contributed by atoms with E-state index in [0.29, 0.717) is 17.0 Å². The Kier molecular flexibility index (Phi) is 6.76. The zero-order valence-electron chi connectivity index (χ0n) is 16.2. The highest BCUT2D eigenvalue weighted by Gasteiger charge is 2.30. The molecule has 2 aromatic carbocycles. The molecule has 0 atom stereocenters. The summed E-state index contributed by atoms with van der Waals surface area (Å²) in [5, 5.41) is 3.26. The van der Waals surface area contributed by atoms with Gasteiger partial charge in [-0.05, 0) is 42.3 Å². The fourth-order valence-electron chi connectivity index (χ4n) is 2.91. The molecule has 0 aliphatic carbocycles. The molecule has 0 saturated heterocycles. The van der Waals surface area contributed by atoms with Gasteiger partial charge in [0.25, 0.3) is 0 Å². The molecule has 0 radical (unpaired) electrons. The number of benzene rings is 2. The summed E-state index contributed by atoms with van der Waals surface area (Å²) >= 11 is 12.0. The van der Waals surface area contributed by atoms with Crippen molar-refractivity contribution in [1.82, 2.24) is 14.1 Å². The molecule has 3 aromatic rings. The lowest BCUT2D eigenvalue weighted by Crippen LogP contribution is -2.42. The number of halogens is 5. The summed E-state index contributed by atoms with van der Waals surface area (Å²) in [6.07, 6.45) is -4.03. The van der Waals surface area contributed by atoms with Gasteiger partial charge in [0.15, 0.2) is 0 Å². The molecule has 0 amide bonds. The SMILES string of the molecule is CCCn1c(=O)nc(Nc2cccc(C(F)(F)F)c2)n(Cc2ccc(Cl)c(Cl)c2)c1=O. The van der Waals surface area contributed by atoms with E-state index in [1.807, 2.05) is 0 Å². The Labute approximate surface area is 184 Å². The van der Waals surface area contributed by atoms with Crippen LogP contribution in [0.25, 0.3) is 0 Å². The highest BCUT2D eigenvalue weighted by Crippen LogP contribution is 2.31. The van der Waals surface area contributed by atoms with Crippen LogP contribution in [0.4, 0.5) is 24.8 Å². The van der Waals surface area contributed by atoms with Crippen molar-refractivity contribution in [2.45, 2.75) is 32.6 Å². The van der Waals surface area contributed by atoms with Gasteiger partial charge < -0.3 is 5.32 Å². The molecule has 0 saturated carbocycles. The van der Waals surface area contributed by atoms with Crippen molar-refractivity contribution in [3.05, 3.63) is 84.6 Å². The smallest absolute Gasteiger partial charge is 0.325 e. The average Bonchev–Trinajstić information content (AvgIpc) is 2.70. The molecule has 0 spiro atoms. The second-order valence-electron chi connectivity index (χ2n) is 6.69. The zero-order chi connectivity index (χ0) is 22.8. The van der Waals surface area contributed by atoms with Crippen molar-refractivity contribution in [3.63, 3.8) is 0 Å². The highest BCUT2D eigenvalue weighted by molar-refractivity contribution is 6.42.